The Kier molecular flexibility index (Phi) is 8.25. The van der Waals surface area contributed by atoms with E-state index in [0.29, 0.717) is 23.7 Å². The van der Waals surface area contributed by atoms with Crippen LogP contribution in [-0.4, -0.2) is 0 Å². The van der Waals surface area contributed by atoms with Crippen molar-refractivity contribution in [3.63, 3.8) is 0 Å². The molecule has 4 aliphatic rings. The van der Waals surface area contributed by atoms with Gasteiger partial charge >= 0.3 is 0 Å². The predicted molar refractivity (Wildman–Crippen MR) is 198 cm³/mol. The van der Waals surface area contributed by atoms with Crippen LogP contribution in [0.3, 0.4) is 0 Å². The average molecular weight is 603 g/mol. The second-order valence-electron chi connectivity index (χ2n) is 17.5. The number of benzene rings is 1. The van der Waals surface area contributed by atoms with Gasteiger partial charge in [-0.15, -0.1) is 0 Å². The summed E-state index contributed by atoms with van der Waals surface area (Å²) < 4.78 is 0. The molecule has 242 valence electrons. The van der Waals surface area contributed by atoms with Crippen molar-refractivity contribution in [2.75, 3.05) is 0 Å². The number of fused-ring (bicyclic) bond motifs is 3. The number of hydrogen-bond acceptors (Lipinski definition) is 0. The normalized spacial score (nSPS) is 34.8. The van der Waals surface area contributed by atoms with Gasteiger partial charge in [-0.1, -0.05) is 134 Å². The first-order chi connectivity index (χ1) is 20.8. The highest BCUT2D eigenvalue weighted by Gasteiger charge is 2.66. The first-order valence-corrected chi connectivity index (χ1v) is 17.7. The van der Waals surface area contributed by atoms with Crippen molar-refractivity contribution in [2.24, 2.45) is 39.4 Å². The van der Waals surface area contributed by atoms with E-state index in [1.54, 1.807) is 0 Å². The Labute approximate surface area is 277 Å². The zero-order chi connectivity index (χ0) is 33.6. The zero-order valence-corrected chi connectivity index (χ0v) is 30.8. The molecule has 0 nitrogen and oxygen atoms in total. The third-order valence-electron chi connectivity index (χ3n) is 13.9. The van der Waals surface area contributed by atoms with Crippen LogP contribution in [0, 0.1) is 46.3 Å². The molecule has 0 heteroatoms. The minimum Gasteiger partial charge on any atom is -0.0995 e. The van der Waals surface area contributed by atoms with Crippen LogP contribution < -0.4 is 0 Å². The first kappa shape index (κ1) is 33.8. The molecule has 45 heavy (non-hydrogen) atoms. The highest BCUT2D eigenvalue weighted by molar-refractivity contribution is 5.87. The molecule has 0 radical (unpaired) electrons. The number of hydrogen-bond donors (Lipinski definition) is 0. The summed E-state index contributed by atoms with van der Waals surface area (Å²) in [7, 11) is 0. The minimum atomic E-state index is -0.239. The van der Waals surface area contributed by atoms with E-state index in [4.69, 9.17) is 26.3 Å². The molecule has 0 aromatic heterocycles. The molecule has 0 N–H and O–H groups in total. The Morgan fingerprint density at radius 3 is 2.11 bits per heavy atom. The Morgan fingerprint density at radius 2 is 1.53 bits per heavy atom. The van der Waals surface area contributed by atoms with Crippen molar-refractivity contribution in [3.05, 3.63) is 112 Å². The van der Waals surface area contributed by atoms with Crippen LogP contribution in [0.4, 0.5) is 0 Å². The molecule has 0 spiro atoms. The standard InChI is InChI=1S/C45H62/c1-26(2)39-30(6)25-45(24-29(5)37-21-18-20-36(37)28(4)23-42(12,13)14)35(11)43(15)32(8)38-22-17-19-27(3)40(38)31(7)41(43)34(10)44(45,16)33(39)9/h17,19,22,32,35-37H,1,4-5,7,9,18,20-21,23-25H2,2-3,6,8,10-16H3/t32-,35-,36?,37?,43-,44-,45+/m1/s1. The topological polar surface area (TPSA) is 0 Å². The third kappa shape index (κ3) is 4.66. The van der Waals surface area contributed by atoms with E-state index in [2.05, 4.69) is 101 Å². The molecule has 7 atom stereocenters. The fourth-order valence-electron chi connectivity index (χ4n) is 11.5. The summed E-state index contributed by atoms with van der Waals surface area (Å²) in [5.41, 5.74) is 16.3. The quantitative estimate of drug-likeness (QED) is 0.284. The molecule has 0 aliphatic heterocycles. The Balaban J connectivity index is 1.73. The molecule has 0 heterocycles. The monoisotopic (exact) mass is 602 g/mol. The van der Waals surface area contributed by atoms with Crippen molar-refractivity contribution in [2.45, 2.75) is 121 Å². The summed E-state index contributed by atoms with van der Waals surface area (Å²) in [6.07, 6.45) is 6.91. The van der Waals surface area contributed by atoms with E-state index in [-0.39, 0.29) is 21.7 Å². The lowest BCUT2D eigenvalue weighted by Crippen LogP contribution is -2.60. The maximum absolute atomic E-state index is 5.01. The van der Waals surface area contributed by atoms with E-state index in [1.807, 2.05) is 0 Å². The van der Waals surface area contributed by atoms with E-state index < -0.39 is 0 Å². The molecule has 0 bridgehead atoms. The first-order valence-electron chi connectivity index (χ1n) is 17.7. The van der Waals surface area contributed by atoms with Crippen LogP contribution in [0.15, 0.2) is 95.7 Å². The van der Waals surface area contributed by atoms with Gasteiger partial charge in [0.25, 0.3) is 0 Å². The summed E-state index contributed by atoms with van der Waals surface area (Å²) >= 11 is 0. The molecule has 1 fully saturated rings. The highest BCUT2D eigenvalue weighted by atomic mass is 14.7. The van der Waals surface area contributed by atoms with Crippen LogP contribution in [0.25, 0.3) is 5.57 Å². The largest absolute Gasteiger partial charge is 0.0995 e. The molecule has 1 aromatic rings. The van der Waals surface area contributed by atoms with Crippen LogP contribution in [-0.2, 0) is 0 Å². The minimum absolute atomic E-state index is 0.0547. The van der Waals surface area contributed by atoms with Crippen molar-refractivity contribution >= 4 is 5.57 Å². The van der Waals surface area contributed by atoms with Crippen LogP contribution >= 0.6 is 0 Å². The van der Waals surface area contributed by atoms with Gasteiger partial charge in [-0.25, -0.2) is 0 Å². The van der Waals surface area contributed by atoms with Gasteiger partial charge in [0.05, 0.1) is 0 Å². The van der Waals surface area contributed by atoms with Gasteiger partial charge in [0.1, 0.15) is 0 Å². The van der Waals surface area contributed by atoms with Gasteiger partial charge < -0.3 is 0 Å². The maximum Gasteiger partial charge on any atom is 0.0202 e. The van der Waals surface area contributed by atoms with Gasteiger partial charge in [0.15, 0.2) is 0 Å². The Bertz CT molecular complexity index is 1570. The van der Waals surface area contributed by atoms with Crippen LogP contribution in [0.2, 0.25) is 0 Å². The number of allylic oxidation sites excluding steroid dienone is 9. The van der Waals surface area contributed by atoms with E-state index >= 15 is 0 Å². The van der Waals surface area contributed by atoms with Gasteiger partial charge in [0.2, 0.25) is 0 Å². The molecule has 0 saturated heterocycles. The van der Waals surface area contributed by atoms with Gasteiger partial charge in [-0.3, -0.25) is 0 Å². The van der Waals surface area contributed by atoms with E-state index in [1.165, 1.54) is 80.5 Å². The van der Waals surface area contributed by atoms with Crippen molar-refractivity contribution in [3.8, 4) is 0 Å². The molecular formula is C45H62. The van der Waals surface area contributed by atoms with Crippen LogP contribution in [0.5, 0.6) is 0 Å². The molecule has 5 rings (SSSR count). The van der Waals surface area contributed by atoms with E-state index in [0.717, 1.165) is 24.8 Å². The Morgan fingerprint density at radius 1 is 0.933 bits per heavy atom. The summed E-state index contributed by atoms with van der Waals surface area (Å²) in [6, 6.07) is 6.88. The SMILES string of the molecule is C=C(C)C1=C(C)C[C@@]2(CC(=C)C3CCCC3C(=C)CC(C)(C)C)[C@H](C)[C@]3(C)C(=C(C)[C@@]2(C)C1=C)C(=C)c1c(C)cccc1[C@H]3C. The lowest BCUT2D eigenvalue weighted by Gasteiger charge is -2.68. The molecular weight excluding hydrogens is 540 g/mol. The van der Waals surface area contributed by atoms with Crippen molar-refractivity contribution in [1.29, 1.82) is 0 Å². The van der Waals surface area contributed by atoms with E-state index in [9.17, 15) is 0 Å². The lowest BCUT2D eigenvalue weighted by molar-refractivity contribution is -0.0427. The maximum atomic E-state index is 5.01. The molecule has 1 saturated carbocycles. The highest BCUT2D eigenvalue weighted by Crippen LogP contribution is 2.76. The summed E-state index contributed by atoms with van der Waals surface area (Å²) in [5.74, 6) is 1.80. The molecule has 4 aliphatic carbocycles. The van der Waals surface area contributed by atoms with Gasteiger partial charge in [-0.05, 0) is 133 Å². The summed E-state index contributed by atoms with van der Waals surface area (Å²) in [6.45, 7) is 50.5. The smallest absolute Gasteiger partial charge is 0.0202 e. The average Bonchev–Trinajstić information content (AvgIpc) is 3.43. The fourth-order valence-corrected chi connectivity index (χ4v) is 11.5. The lowest BCUT2D eigenvalue weighted by atomic mass is 9.35. The number of rotatable bonds is 6. The fraction of sp³-hybridized carbons (Fsp3) is 0.556. The molecule has 2 unspecified atom stereocenters. The second-order valence-corrected chi connectivity index (χ2v) is 17.5. The number of aryl methyl sites for hydroxylation is 1. The molecule has 1 aromatic carbocycles. The van der Waals surface area contributed by atoms with Crippen LogP contribution in [0.1, 0.15) is 130 Å². The summed E-state index contributed by atoms with van der Waals surface area (Å²) in [4.78, 5) is 0. The van der Waals surface area contributed by atoms with Gasteiger partial charge in [-0.2, -0.15) is 0 Å². The van der Waals surface area contributed by atoms with Crippen molar-refractivity contribution in [1.82, 2.24) is 0 Å². The second kappa shape index (κ2) is 11.0. The predicted octanol–water partition coefficient (Wildman–Crippen LogP) is 13.3. The van der Waals surface area contributed by atoms with Crippen molar-refractivity contribution < 1.29 is 0 Å². The third-order valence-corrected chi connectivity index (χ3v) is 13.9. The molecule has 0 amide bonds. The summed E-state index contributed by atoms with van der Waals surface area (Å²) in [5, 5.41) is 0. The Hall–Kier alpha value is -2.60. The van der Waals surface area contributed by atoms with Gasteiger partial charge in [0, 0.05) is 10.8 Å². The zero-order valence-electron chi connectivity index (χ0n) is 30.8.